The van der Waals surface area contributed by atoms with Gasteiger partial charge in [0.25, 0.3) is 5.91 Å². The molecule has 0 bridgehead atoms. The highest BCUT2D eigenvalue weighted by atomic mass is 35.5. The van der Waals surface area contributed by atoms with Gasteiger partial charge in [-0.3, -0.25) is 4.79 Å². The SMILES string of the molecule is O=C(c1ccc(F)c(F)c1)N1CCCC(Oc2ncc(Cl)cn2)C1. The van der Waals surface area contributed by atoms with E-state index < -0.39 is 11.6 Å². The number of aromatic nitrogens is 2. The lowest BCUT2D eigenvalue weighted by molar-refractivity contribution is 0.0515. The molecule has 3 rings (SSSR count). The standard InChI is InChI=1S/C16H14ClF2N3O2/c17-11-7-20-16(21-8-11)24-12-2-1-5-22(9-12)15(23)10-3-4-13(18)14(19)6-10/h3-4,6-8,12H,1-2,5,9H2. The van der Waals surface area contributed by atoms with Crippen molar-refractivity contribution in [2.24, 2.45) is 0 Å². The van der Waals surface area contributed by atoms with Crippen molar-refractivity contribution in [3.05, 3.63) is 52.8 Å². The second kappa shape index (κ2) is 7.09. The molecular formula is C16H14ClF2N3O2. The Morgan fingerprint density at radius 3 is 2.71 bits per heavy atom. The number of amides is 1. The van der Waals surface area contributed by atoms with Gasteiger partial charge in [0.2, 0.25) is 0 Å². The van der Waals surface area contributed by atoms with E-state index in [1.807, 2.05) is 0 Å². The van der Waals surface area contributed by atoms with E-state index in [0.717, 1.165) is 25.0 Å². The lowest BCUT2D eigenvalue weighted by Crippen LogP contribution is -2.44. The molecule has 2 heterocycles. The lowest BCUT2D eigenvalue weighted by atomic mass is 10.1. The fourth-order valence-electron chi connectivity index (χ4n) is 2.54. The van der Waals surface area contributed by atoms with Crippen LogP contribution in [-0.4, -0.2) is 40.0 Å². The third-order valence-electron chi connectivity index (χ3n) is 3.70. The molecule has 1 atom stereocenters. The topological polar surface area (TPSA) is 55.3 Å². The van der Waals surface area contributed by atoms with Crippen LogP contribution in [0.4, 0.5) is 8.78 Å². The first kappa shape index (κ1) is 16.6. The van der Waals surface area contributed by atoms with E-state index >= 15 is 0 Å². The average Bonchev–Trinajstić information content (AvgIpc) is 2.59. The number of halogens is 3. The summed E-state index contributed by atoms with van der Waals surface area (Å²) in [5.74, 6) is -2.38. The summed E-state index contributed by atoms with van der Waals surface area (Å²) in [6, 6.07) is 3.31. The molecule has 2 aromatic rings. The third-order valence-corrected chi connectivity index (χ3v) is 3.90. The predicted octanol–water partition coefficient (Wildman–Crippen LogP) is 3.09. The van der Waals surface area contributed by atoms with Crippen LogP contribution in [0, 0.1) is 11.6 Å². The Balaban J connectivity index is 1.67. The van der Waals surface area contributed by atoms with E-state index in [9.17, 15) is 13.6 Å². The fourth-order valence-corrected chi connectivity index (χ4v) is 2.64. The molecule has 0 radical (unpaired) electrons. The molecule has 0 aliphatic carbocycles. The summed E-state index contributed by atoms with van der Waals surface area (Å²) in [7, 11) is 0. The second-order valence-corrected chi connectivity index (χ2v) is 5.88. The molecule has 24 heavy (non-hydrogen) atoms. The molecule has 0 spiro atoms. The minimum Gasteiger partial charge on any atom is -0.458 e. The van der Waals surface area contributed by atoms with Gasteiger partial charge in [-0.2, -0.15) is 0 Å². The van der Waals surface area contributed by atoms with E-state index in [4.69, 9.17) is 16.3 Å². The van der Waals surface area contributed by atoms with E-state index in [1.54, 1.807) is 4.90 Å². The maximum atomic E-state index is 13.3. The predicted molar refractivity (Wildman–Crippen MR) is 83.0 cm³/mol. The molecule has 1 aromatic carbocycles. The van der Waals surface area contributed by atoms with E-state index in [-0.39, 0.29) is 23.6 Å². The van der Waals surface area contributed by atoms with Crippen molar-refractivity contribution in [3.8, 4) is 6.01 Å². The van der Waals surface area contributed by atoms with Crippen LogP contribution in [0.1, 0.15) is 23.2 Å². The summed E-state index contributed by atoms with van der Waals surface area (Å²) in [5.41, 5.74) is 0.109. The summed E-state index contributed by atoms with van der Waals surface area (Å²) in [5, 5.41) is 0.404. The quantitative estimate of drug-likeness (QED) is 0.851. The van der Waals surface area contributed by atoms with Crippen molar-refractivity contribution in [1.82, 2.24) is 14.9 Å². The Labute approximate surface area is 142 Å². The van der Waals surface area contributed by atoms with Crippen LogP contribution in [-0.2, 0) is 0 Å². The van der Waals surface area contributed by atoms with Gasteiger partial charge in [-0.15, -0.1) is 0 Å². The number of rotatable bonds is 3. The van der Waals surface area contributed by atoms with Gasteiger partial charge in [0.1, 0.15) is 6.10 Å². The van der Waals surface area contributed by atoms with Crippen LogP contribution in [0.25, 0.3) is 0 Å². The molecule has 0 N–H and O–H groups in total. The van der Waals surface area contributed by atoms with Crippen molar-refractivity contribution < 1.29 is 18.3 Å². The molecule has 1 saturated heterocycles. The summed E-state index contributed by atoms with van der Waals surface area (Å²) >= 11 is 5.72. The van der Waals surface area contributed by atoms with Crippen LogP contribution >= 0.6 is 11.6 Å². The maximum Gasteiger partial charge on any atom is 0.316 e. The van der Waals surface area contributed by atoms with Gasteiger partial charge in [-0.05, 0) is 31.0 Å². The first-order valence-corrected chi connectivity index (χ1v) is 7.79. The van der Waals surface area contributed by atoms with Crippen LogP contribution in [0.15, 0.2) is 30.6 Å². The highest BCUT2D eigenvalue weighted by Gasteiger charge is 2.26. The summed E-state index contributed by atoms with van der Waals surface area (Å²) < 4.78 is 32.0. The van der Waals surface area contributed by atoms with Gasteiger partial charge in [0.15, 0.2) is 11.6 Å². The van der Waals surface area contributed by atoms with Gasteiger partial charge < -0.3 is 9.64 Å². The van der Waals surface area contributed by atoms with E-state index in [0.29, 0.717) is 18.1 Å². The minimum absolute atomic E-state index is 0.109. The number of carbonyl (C=O) groups excluding carboxylic acids is 1. The van der Waals surface area contributed by atoms with Crippen LogP contribution < -0.4 is 4.74 Å². The van der Waals surface area contributed by atoms with Crippen molar-refractivity contribution >= 4 is 17.5 Å². The van der Waals surface area contributed by atoms with Gasteiger partial charge >= 0.3 is 6.01 Å². The first-order valence-electron chi connectivity index (χ1n) is 7.41. The number of hydrogen-bond donors (Lipinski definition) is 0. The molecule has 1 unspecified atom stereocenters. The van der Waals surface area contributed by atoms with Crippen molar-refractivity contribution in [2.45, 2.75) is 18.9 Å². The molecule has 1 amide bonds. The highest BCUT2D eigenvalue weighted by Crippen LogP contribution is 2.19. The molecule has 8 heteroatoms. The van der Waals surface area contributed by atoms with Crippen molar-refractivity contribution in [1.29, 1.82) is 0 Å². The molecule has 5 nitrogen and oxygen atoms in total. The monoisotopic (exact) mass is 353 g/mol. The third kappa shape index (κ3) is 3.79. The van der Waals surface area contributed by atoms with Gasteiger partial charge in [-0.1, -0.05) is 11.6 Å². The summed E-state index contributed by atoms with van der Waals surface area (Å²) in [6.07, 6.45) is 4.06. The molecule has 1 aliphatic heterocycles. The Kier molecular flexibility index (Phi) is 4.89. The Morgan fingerprint density at radius 1 is 1.25 bits per heavy atom. The number of benzene rings is 1. The van der Waals surface area contributed by atoms with Gasteiger partial charge in [0.05, 0.1) is 24.0 Å². The van der Waals surface area contributed by atoms with Crippen LogP contribution in [0.3, 0.4) is 0 Å². The fraction of sp³-hybridized carbons (Fsp3) is 0.312. The molecule has 1 fully saturated rings. The zero-order chi connectivity index (χ0) is 17.1. The Hall–Kier alpha value is -2.28. The largest absolute Gasteiger partial charge is 0.458 e. The molecule has 126 valence electrons. The van der Waals surface area contributed by atoms with Gasteiger partial charge in [-0.25, -0.2) is 18.7 Å². The molecular weight excluding hydrogens is 340 g/mol. The second-order valence-electron chi connectivity index (χ2n) is 5.45. The van der Waals surface area contributed by atoms with Crippen LogP contribution in [0.2, 0.25) is 5.02 Å². The van der Waals surface area contributed by atoms with Crippen LogP contribution in [0.5, 0.6) is 6.01 Å². The number of ether oxygens (including phenoxy) is 1. The maximum absolute atomic E-state index is 13.3. The smallest absolute Gasteiger partial charge is 0.316 e. The number of likely N-dealkylation sites (tertiary alicyclic amines) is 1. The number of piperidine rings is 1. The molecule has 0 saturated carbocycles. The molecule has 1 aliphatic rings. The average molecular weight is 354 g/mol. The number of nitrogens with zero attached hydrogens (tertiary/aromatic N) is 3. The summed E-state index contributed by atoms with van der Waals surface area (Å²) in [6.45, 7) is 0.850. The first-order chi connectivity index (χ1) is 11.5. The number of hydrogen-bond acceptors (Lipinski definition) is 4. The Bertz CT molecular complexity index is 743. The van der Waals surface area contributed by atoms with Gasteiger partial charge in [0, 0.05) is 12.1 Å². The van der Waals surface area contributed by atoms with E-state index in [2.05, 4.69) is 9.97 Å². The molecule has 1 aromatic heterocycles. The lowest BCUT2D eigenvalue weighted by Gasteiger charge is -2.32. The zero-order valence-corrected chi connectivity index (χ0v) is 13.3. The van der Waals surface area contributed by atoms with Crippen molar-refractivity contribution in [3.63, 3.8) is 0 Å². The highest BCUT2D eigenvalue weighted by molar-refractivity contribution is 6.30. The van der Waals surface area contributed by atoms with E-state index in [1.165, 1.54) is 18.5 Å². The zero-order valence-electron chi connectivity index (χ0n) is 12.6. The van der Waals surface area contributed by atoms with Crippen molar-refractivity contribution in [2.75, 3.05) is 13.1 Å². The Morgan fingerprint density at radius 2 is 2.00 bits per heavy atom. The number of carbonyl (C=O) groups is 1. The minimum atomic E-state index is -1.04. The normalized spacial score (nSPS) is 17.6. The summed E-state index contributed by atoms with van der Waals surface area (Å²) in [4.78, 5) is 21.9.